The number of nitrogens with zero attached hydrogens (tertiary/aromatic N) is 4. The molecule has 8 heteroatoms. The topological polar surface area (TPSA) is 99.0 Å². The van der Waals surface area contributed by atoms with Gasteiger partial charge in [0.25, 0.3) is 0 Å². The number of carbonyl (C=O) groups is 2. The fourth-order valence-corrected chi connectivity index (χ4v) is 1.10. The predicted octanol–water partition coefficient (Wildman–Crippen LogP) is 0.308. The molecule has 18 heavy (non-hydrogen) atoms. The van der Waals surface area contributed by atoms with Gasteiger partial charge >= 0.3 is 6.09 Å². The Bertz CT molecular complexity index is 435. The third kappa shape index (κ3) is 4.89. The van der Waals surface area contributed by atoms with Crippen molar-refractivity contribution in [2.24, 2.45) is 7.05 Å². The van der Waals surface area contributed by atoms with Gasteiger partial charge in [0.15, 0.2) is 0 Å². The molecule has 0 saturated carbocycles. The van der Waals surface area contributed by atoms with Crippen molar-refractivity contribution in [3.05, 3.63) is 5.82 Å². The Morgan fingerprint density at radius 1 is 1.39 bits per heavy atom. The molecule has 1 rings (SSSR count). The van der Waals surface area contributed by atoms with Crippen LogP contribution < -0.4 is 5.32 Å². The number of nitrogens with one attached hydrogen (secondary N) is 1. The summed E-state index contributed by atoms with van der Waals surface area (Å²) in [7, 11) is 1.57. The smallest absolute Gasteiger partial charge is 0.407 e. The van der Waals surface area contributed by atoms with E-state index in [0.717, 1.165) is 0 Å². The standard InChI is InChI=1S/C10H17N5O3/c1-10(2,3)18-9(17)11-6-5-7(16)8-12-14-15(4)13-8/h5-6H2,1-4H3,(H,11,17). The quantitative estimate of drug-likeness (QED) is 0.777. The summed E-state index contributed by atoms with van der Waals surface area (Å²) in [6.45, 7) is 5.47. The van der Waals surface area contributed by atoms with Crippen molar-refractivity contribution in [2.75, 3.05) is 6.54 Å². The van der Waals surface area contributed by atoms with E-state index in [0.29, 0.717) is 0 Å². The zero-order valence-corrected chi connectivity index (χ0v) is 10.9. The van der Waals surface area contributed by atoms with Crippen LogP contribution in [-0.4, -0.2) is 44.2 Å². The van der Waals surface area contributed by atoms with Gasteiger partial charge in [0, 0.05) is 13.0 Å². The highest BCUT2D eigenvalue weighted by Crippen LogP contribution is 2.06. The van der Waals surface area contributed by atoms with E-state index in [1.807, 2.05) is 0 Å². The van der Waals surface area contributed by atoms with Crippen molar-refractivity contribution in [1.82, 2.24) is 25.5 Å². The van der Waals surface area contributed by atoms with Gasteiger partial charge in [-0.25, -0.2) is 4.79 Å². The number of tetrazole rings is 1. The van der Waals surface area contributed by atoms with Crippen LogP contribution in [0, 0.1) is 0 Å². The molecule has 0 aliphatic carbocycles. The molecule has 1 heterocycles. The van der Waals surface area contributed by atoms with Gasteiger partial charge in [-0.15, -0.1) is 10.2 Å². The van der Waals surface area contributed by atoms with Crippen LogP contribution in [0.25, 0.3) is 0 Å². The van der Waals surface area contributed by atoms with Gasteiger partial charge in [0.05, 0.1) is 7.05 Å². The molecule has 1 aromatic heterocycles. The second-order valence-electron chi connectivity index (χ2n) is 4.70. The molecule has 0 fully saturated rings. The normalized spacial score (nSPS) is 11.1. The van der Waals surface area contributed by atoms with Gasteiger partial charge < -0.3 is 10.1 Å². The number of hydrogen-bond acceptors (Lipinski definition) is 6. The van der Waals surface area contributed by atoms with Crippen LogP contribution in [-0.2, 0) is 11.8 Å². The lowest BCUT2D eigenvalue weighted by molar-refractivity contribution is 0.0527. The van der Waals surface area contributed by atoms with Gasteiger partial charge in [-0.2, -0.15) is 4.80 Å². The molecule has 0 radical (unpaired) electrons. The van der Waals surface area contributed by atoms with Gasteiger partial charge in [-0.05, 0) is 26.0 Å². The largest absolute Gasteiger partial charge is 0.444 e. The first-order chi connectivity index (χ1) is 8.28. The third-order valence-corrected chi connectivity index (χ3v) is 1.78. The Morgan fingerprint density at radius 2 is 2.06 bits per heavy atom. The highest BCUT2D eigenvalue weighted by Gasteiger charge is 2.17. The maximum Gasteiger partial charge on any atom is 0.407 e. The van der Waals surface area contributed by atoms with Crippen LogP contribution in [0.2, 0.25) is 0 Å². The molecule has 100 valence electrons. The molecule has 0 aliphatic heterocycles. The van der Waals surface area contributed by atoms with Crippen LogP contribution in [0.4, 0.5) is 4.79 Å². The molecule has 1 aromatic rings. The number of aryl methyl sites for hydroxylation is 1. The van der Waals surface area contributed by atoms with E-state index in [2.05, 4.69) is 20.7 Å². The molecule has 0 aromatic carbocycles. The minimum atomic E-state index is -0.555. The molecule has 0 atom stereocenters. The zero-order valence-electron chi connectivity index (χ0n) is 10.9. The first-order valence-electron chi connectivity index (χ1n) is 5.52. The van der Waals surface area contributed by atoms with Crippen molar-refractivity contribution < 1.29 is 14.3 Å². The molecule has 0 unspecified atom stereocenters. The van der Waals surface area contributed by atoms with E-state index >= 15 is 0 Å². The molecule has 8 nitrogen and oxygen atoms in total. The van der Waals surface area contributed by atoms with Crippen LogP contribution in [0.1, 0.15) is 37.8 Å². The summed E-state index contributed by atoms with van der Waals surface area (Å²) in [6, 6.07) is 0. The Morgan fingerprint density at radius 3 is 2.56 bits per heavy atom. The molecule has 0 bridgehead atoms. The van der Waals surface area contributed by atoms with E-state index in [-0.39, 0.29) is 24.6 Å². The predicted molar refractivity (Wildman–Crippen MR) is 62.0 cm³/mol. The number of ether oxygens (including phenoxy) is 1. The van der Waals surface area contributed by atoms with Crippen molar-refractivity contribution >= 4 is 11.9 Å². The van der Waals surface area contributed by atoms with Gasteiger partial charge in [-0.3, -0.25) is 4.79 Å². The molecule has 0 aliphatic rings. The van der Waals surface area contributed by atoms with Crippen LogP contribution in [0.15, 0.2) is 0 Å². The van der Waals surface area contributed by atoms with Crippen LogP contribution in [0.5, 0.6) is 0 Å². The average molecular weight is 255 g/mol. The first kappa shape index (κ1) is 14.1. The lowest BCUT2D eigenvalue weighted by atomic mass is 10.2. The first-order valence-corrected chi connectivity index (χ1v) is 5.52. The second kappa shape index (κ2) is 5.56. The minimum Gasteiger partial charge on any atom is -0.444 e. The Balaban J connectivity index is 2.30. The Hall–Kier alpha value is -1.99. The zero-order chi connectivity index (χ0) is 13.8. The van der Waals surface area contributed by atoms with Gasteiger partial charge in [0.2, 0.25) is 11.6 Å². The Labute approximate surface area is 105 Å². The van der Waals surface area contributed by atoms with E-state index < -0.39 is 11.7 Å². The maximum atomic E-state index is 11.6. The van der Waals surface area contributed by atoms with Crippen molar-refractivity contribution in [1.29, 1.82) is 0 Å². The van der Waals surface area contributed by atoms with Gasteiger partial charge in [-0.1, -0.05) is 0 Å². The highest BCUT2D eigenvalue weighted by molar-refractivity contribution is 5.92. The lowest BCUT2D eigenvalue weighted by Crippen LogP contribution is -2.33. The SMILES string of the molecule is Cn1nnc(C(=O)CCNC(=O)OC(C)(C)C)n1. The maximum absolute atomic E-state index is 11.6. The summed E-state index contributed by atoms with van der Waals surface area (Å²) in [5, 5.41) is 13.4. The van der Waals surface area contributed by atoms with Crippen molar-refractivity contribution in [3.63, 3.8) is 0 Å². The summed E-state index contributed by atoms with van der Waals surface area (Å²) in [5.74, 6) is -0.234. The number of alkyl carbamates (subject to hydrolysis) is 1. The molecule has 0 spiro atoms. The summed E-state index contributed by atoms with van der Waals surface area (Å²) in [6.07, 6.45) is -0.451. The number of Topliss-reactive ketones (excluding diaryl/α,β-unsaturated/α-hetero) is 1. The number of rotatable bonds is 4. The third-order valence-electron chi connectivity index (χ3n) is 1.78. The van der Waals surface area contributed by atoms with E-state index in [9.17, 15) is 9.59 Å². The number of ketones is 1. The van der Waals surface area contributed by atoms with Crippen LogP contribution in [0.3, 0.4) is 0 Å². The lowest BCUT2D eigenvalue weighted by Gasteiger charge is -2.19. The Kier molecular flexibility index (Phi) is 4.35. The summed E-state index contributed by atoms with van der Waals surface area (Å²) in [5.41, 5.74) is -0.555. The van der Waals surface area contributed by atoms with E-state index in [1.165, 1.54) is 4.80 Å². The van der Waals surface area contributed by atoms with Crippen LogP contribution >= 0.6 is 0 Å². The monoisotopic (exact) mass is 255 g/mol. The molecule has 0 saturated heterocycles. The van der Waals surface area contributed by atoms with Crippen molar-refractivity contribution in [3.8, 4) is 0 Å². The van der Waals surface area contributed by atoms with E-state index in [1.54, 1.807) is 27.8 Å². The minimum absolute atomic E-state index is 0.0449. The fraction of sp³-hybridized carbons (Fsp3) is 0.700. The molecule has 1 N–H and O–H groups in total. The average Bonchev–Trinajstić information content (AvgIpc) is 2.62. The summed E-state index contributed by atoms with van der Waals surface area (Å²) >= 11 is 0. The number of carbonyl (C=O) groups excluding carboxylic acids is 2. The fourth-order valence-electron chi connectivity index (χ4n) is 1.10. The summed E-state index contributed by atoms with van der Waals surface area (Å²) in [4.78, 5) is 24.0. The second-order valence-corrected chi connectivity index (χ2v) is 4.70. The number of amides is 1. The highest BCUT2D eigenvalue weighted by atomic mass is 16.6. The number of hydrogen-bond donors (Lipinski definition) is 1. The molecule has 1 amide bonds. The molecular formula is C10H17N5O3. The summed E-state index contributed by atoms with van der Waals surface area (Å²) < 4.78 is 5.02. The van der Waals surface area contributed by atoms with Crippen molar-refractivity contribution in [2.45, 2.75) is 32.8 Å². The molecular weight excluding hydrogens is 238 g/mol. The number of aromatic nitrogens is 4. The van der Waals surface area contributed by atoms with Gasteiger partial charge in [0.1, 0.15) is 5.60 Å². The van der Waals surface area contributed by atoms with E-state index in [4.69, 9.17) is 4.74 Å².